The molecule has 0 bridgehead atoms. The molecule has 0 amide bonds. The first-order valence-electron chi connectivity index (χ1n) is 7.20. The van der Waals surface area contributed by atoms with Gasteiger partial charge >= 0.3 is 5.97 Å². The summed E-state index contributed by atoms with van der Waals surface area (Å²) in [6.45, 7) is 6.16. The van der Waals surface area contributed by atoms with Crippen molar-refractivity contribution in [2.75, 3.05) is 5.32 Å². The Kier molecular flexibility index (Phi) is 4.63. The second kappa shape index (κ2) is 6.44. The Bertz CT molecular complexity index is 632. The van der Waals surface area contributed by atoms with Crippen molar-refractivity contribution >= 4 is 11.7 Å². The molecule has 0 aliphatic heterocycles. The fraction of sp³-hybridized carbons (Fsp3) is 0.278. The highest BCUT2D eigenvalue weighted by molar-refractivity contribution is 5.88. The van der Waals surface area contributed by atoms with Crippen molar-refractivity contribution in [1.82, 2.24) is 0 Å². The van der Waals surface area contributed by atoms with Crippen LogP contribution in [0, 0.1) is 6.92 Å². The van der Waals surface area contributed by atoms with E-state index in [4.69, 9.17) is 5.11 Å². The molecule has 0 aliphatic carbocycles. The van der Waals surface area contributed by atoms with Crippen LogP contribution in [0.4, 0.5) is 5.69 Å². The number of nitrogens with one attached hydrogen (secondary N) is 1. The number of aromatic carboxylic acids is 1. The van der Waals surface area contributed by atoms with Crippen molar-refractivity contribution in [3.8, 4) is 0 Å². The molecule has 0 aliphatic rings. The van der Waals surface area contributed by atoms with Gasteiger partial charge in [-0.1, -0.05) is 31.2 Å². The van der Waals surface area contributed by atoms with Crippen molar-refractivity contribution in [2.45, 2.75) is 33.2 Å². The summed E-state index contributed by atoms with van der Waals surface area (Å²) in [6.07, 6.45) is 1.04. The second-order valence-electron chi connectivity index (χ2n) is 5.30. The van der Waals surface area contributed by atoms with Crippen LogP contribution in [0.5, 0.6) is 0 Å². The zero-order valence-corrected chi connectivity index (χ0v) is 12.7. The lowest BCUT2D eigenvalue weighted by molar-refractivity contribution is 0.0697. The minimum absolute atomic E-state index is 0.172. The zero-order chi connectivity index (χ0) is 15.4. The third-order valence-electron chi connectivity index (χ3n) is 3.73. The average molecular weight is 283 g/mol. The van der Waals surface area contributed by atoms with E-state index < -0.39 is 5.97 Å². The van der Waals surface area contributed by atoms with Crippen molar-refractivity contribution in [1.29, 1.82) is 0 Å². The van der Waals surface area contributed by atoms with Crippen LogP contribution in [0.1, 0.15) is 46.9 Å². The maximum Gasteiger partial charge on any atom is 0.335 e. The summed E-state index contributed by atoms with van der Waals surface area (Å²) in [5.41, 5.74) is 4.76. The number of aryl methyl sites for hydroxylation is 2. The Labute approximate surface area is 125 Å². The molecule has 2 rings (SSSR count). The Hall–Kier alpha value is -2.29. The Balaban J connectivity index is 2.14. The van der Waals surface area contributed by atoms with Gasteiger partial charge in [-0.25, -0.2) is 4.79 Å². The van der Waals surface area contributed by atoms with Crippen LogP contribution in [0.2, 0.25) is 0 Å². The largest absolute Gasteiger partial charge is 0.478 e. The molecule has 0 spiro atoms. The smallest absolute Gasteiger partial charge is 0.335 e. The number of hydrogen-bond donors (Lipinski definition) is 2. The predicted octanol–water partition coefficient (Wildman–Crippen LogP) is 4.43. The number of carboxylic acids is 1. The molecule has 3 nitrogen and oxygen atoms in total. The lowest BCUT2D eigenvalue weighted by atomic mass is 10.0. The minimum Gasteiger partial charge on any atom is -0.478 e. The summed E-state index contributed by atoms with van der Waals surface area (Å²) in [5, 5.41) is 12.4. The molecule has 0 radical (unpaired) electrons. The highest BCUT2D eigenvalue weighted by atomic mass is 16.4. The van der Waals surface area contributed by atoms with Gasteiger partial charge in [0.2, 0.25) is 0 Å². The van der Waals surface area contributed by atoms with Crippen LogP contribution in [-0.4, -0.2) is 11.1 Å². The molecule has 2 aromatic rings. The summed E-state index contributed by atoms with van der Waals surface area (Å²) in [4.78, 5) is 10.9. The van der Waals surface area contributed by atoms with E-state index in [0.717, 1.165) is 17.7 Å². The monoisotopic (exact) mass is 283 g/mol. The van der Waals surface area contributed by atoms with Gasteiger partial charge in [-0.05, 0) is 55.2 Å². The van der Waals surface area contributed by atoms with Gasteiger partial charge in [0.1, 0.15) is 0 Å². The molecule has 0 saturated heterocycles. The van der Waals surface area contributed by atoms with E-state index in [9.17, 15) is 4.79 Å². The normalized spacial score (nSPS) is 12.0. The number of carboxylic acid groups (broad SMARTS) is 1. The molecule has 0 saturated carbocycles. The third kappa shape index (κ3) is 3.63. The van der Waals surface area contributed by atoms with E-state index in [1.807, 2.05) is 13.0 Å². The Morgan fingerprint density at radius 2 is 1.86 bits per heavy atom. The summed E-state index contributed by atoms with van der Waals surface area (Å²) in [7, 11) is 0. The molecule has 2 aromatic carbocycles. The molecule has 0 fully saturated rings. The topological polar surface area (TPSA) is 49.3 Å². The first-order chi connectivity index (χ1) is 10.0. The quantitative estimate of drug-likeness (QED) is 0.853. The highest BCUT2D eigenvalue weighted by Crippen LogP contribution is 2.23. The lowest BCUT2D eigenvalue weighted by Crippen LogP contribution is -2.08. The molecule has 0 aromatic heterocycles. The van der Waals surface area contributed by atoms with E-state index in [0.29, 0.717) is 5.56 Å². The highest BCUT2D eigenvalue weighted by Gasteiger charge is 2.09. The molecule has 1 atom stereocenters. The number of anilines is 1. The standard InChI is InChI=1S/C18H21NO2/c1-4-14-5-7-15(8-6-14)13(3)19-17-10-9-16(18(20)21)11-12(17)2/h5-11,13,19H,4H2,1-3H3,(H,20,21). The van der Waals surface area contributed by atoms with Crippen LogP contribution in [0.25, 0.3) is 0 Å². The molecule has 2 N–H and O–H groups in total. The summed E-state index contributed by atoms with van der Waals surface area (Å²) >= 11 is 0. The maximum absolute atomic E-state index is 10.9. The molecule has 3 heteroatoms. The van der Waals surface area contributed by atoms with Crippen LogP contribution in [0.3, 0.4) is 0 Å². The number of benzene rings is 2. The fourth-order valence-corrected chi connectivity index (χ4v) is 2.32. The maximum atomic E-state index is 10.9. The molecule has 21 heavy (non-hydrogen) atoms. The van der Waals surface area contributed by atoms with E-state index in [-0.39, 0.29) is 6.04 Å². The van der Waals surface area contributed by atoms with Gasteiger partial charge in [0.15, 0.2) is 0 Å². The Morgan fingerprint density at radius 3 is 2.38 bits per heavy atom. The van der Waals surface area contributed by atoms with Crippen LogP contribution < -0.4 is 5.32 Å². The summed E-state index contributed by atoms with van der Waals surface area (Å²) in [6, 6.07) is 13.9. The van der Waals surface area contributed by atoms with Gasteiger partial charge in [-0.2, -0.15) is 0 Å². The minimum atomic E-state index is -0.896. The van der Waals surface area contributed by atoms with Gasteiger partial charge in [-0.15, -0.1) is 0 Å². The molecular formula is C18H21NO2. The first-order valence-corrected chi connectivity index (χ1v) is 7.20. The van der Waals surface area contributed by atoms with E-state index in [1.54, 1.807) is 12.1 Å². The van der Waals surface area contributed by atoms with Crippen molar-refractivity contribution in [3.63, 3.8) is 0 Å². The van der Waals surface area contributed by atoms with Gasteiger partial charge in [0.05, 0.1) is 5.56 Å². The average Bonchev–Trinajstić information content (AvgIpc) is 2.49. The molecule has 1 unspecified atom stereocenters. The van der Waals surface area contributed by atoms with Crippen molar-refractivity contribution < 1.29 is 9.90 Å². The number of carbonyl (C=O) groups is 1. The molecular weight excluding hydrogens is 262 g/mol. The fourth-order valence-electron chi connectivity index (χ4n) is 2.32. The number of hydrogen-bond acceptors (Lipinski definition) is 2. The van der Waals surface area contributed by atoms with Crippen molar-refractivity contribution in [2.24, 2.45) is 0 Å². The van der Waals surface area contributed by atoms with Gasteiger partial charge < -0.3 is 10.4 Å². The van der Waals surface area contributed by atoms with Gasteiger partial charge in [-0.3, -0.25) is 0 Å². The van der Waals surface area contributed by atoms with E-state index >= 15 is 0 Å². The van der Waals surface area contributed by atoms with Gasteiger partial charge in [0.25, 0.3) is 0 Å². The van der Waals surface area contributed by atoms with Crippen LogP contribution >= 0.6 is 0 Å². The van der Waals surface area contributed by atoms with Crippen molar-refractivity contribution in [3.05, 3.63) is 64.7 Å². The van der Waals surface area contributed by atoms with E-state index in [2.05, 4.69) is 43.4 Å². The Morgan fingerprint density at radius 1 is 1.19 bits per heavy atom. The second-order valence-corrected chi connectivity index (χ2v) is 5.30. The lowest BCUT2D eigenvalue weighted by Gasteiger charge is -2.18. The number of rotatable bonds is 5. The summed E-state index contributed by atoms with van der Waals surface area (Å²) < 4.78 is 0. The predicted molar refractivity (Wildman–Crippen MR) is 86.0 cm³/mol. The molecule has 0 heterocycles. The van der Waals surface area contributed by atoms with Crippen LogP contribution in [-0.2, 0) is 6.42 Å². The third-order valence-corrected chi connectivity index (χ3v) is 3.73. The van der Waals surface area contributed by atoms with E-state index in [1.165, 1.54) is 11.1 Å². The van der Waals surface area contributed by atoms with Crippen LogP contribution in [0.15, 0.2) is 42.5 Å². The summed E-state index contributed by atoms with van der Waals surface area (Å²) in [5.74, 6) is -0.896. The zero-order valence-electron chi connectivity index (χ0n) is 12.7. The first kappa shape index (κ1) is 15.1. The SMILES string of the molecule is CCc1ccc(C(C)Nc2ccc(C(=O)O)cc2C)cc1. The van der Waals surface area contributed by atoms with Gasteiger partial charge in [0, 0.05) is 11.7 Å². The molecule has 110 valence electrons.